The molecule has 0 aliphatic rings. The number of aromatic carboxylic acids is 3. The molecule has 0 radical (unpaired) electrons. The number of carboxylic acids is 5. The van der Waals surface area contributed by atoms with Crippen molar-refractivity contribution in [2.45, 2.75) is 72.6 Å². The molecule has 0 saturated heterocycles. The standard InChI is InChI=1S/C16H17NO2.C16H16O2.C16H14O2.C9H10.C7H5BrO2.2C2H4O2.CH4.Pd.H2/c18-16(17-19)15-11-9-14(10-12-15)8-4-7-13-5-2-1-3-6-13;2*17-16(18)15-11-9-14(10-12-15)8-4-7-13-5-2-1-3-6-13;1-2-6-9-7-4-3-5-8-9;8-6-3-1-5(2-4-6)7(9)10;2*1-2(3)4;;;/h1-3,5-6,9-12,19H,4,7-8H2,(H,17,18);1-3,5-6,9-12H,4,7-8H2,(H,17,18);1-6,8-12H,7H2,(H,17,18);2-5,7-8H,1,6H2;1-4H,(H,9,10);2*1H3,(H,3,4);1H4;;1H. The van der Waals surface area contributed by atoms with Crippen LogP contribution in [0.15, 0.2) is 242 Å². The largest absolute Gasteiger partial charge is 0.481 e. The molecule has 1 amide bonds. The summed E-state index contributed by atoms with van der Waals surface area (Å²) in [6.07, 6.45) is 14.1. The molecule has 0 aromatic heterocycles. The number of allylic oxidation sites excluding steroid dienone is 2. The van der Waals surface area contributed by atoms with Crippen molar-refractivity contribution < 1.29 is 81.4 Å². The molecule has 13 nitrogen and oxygen atoms in total. The van der Waals surface area contributed by atoms with Gasteiger partial charge in [-0.15, -0.1) is 6.58 Å². The number of carbonyl (C=O) groups excluding carboxylic acids is 1. The van der Waals surface area contributed by atoms with Gasteiger partial charge in [-0.2, -0.15) is 0 Å². The number of hydrogen-bond acceptors (Lipinski definition) is 7. The Morgan fingerprint density at radius 3 is 1.01 bits per heavy atom. The van der Waals surface area contributed by atoms with E-state index < -0.39 is 35.8 Å². The number of rotatable bonds is 17. The Kier molecular flexibility index (Phi) is 40.9. The van der Waals surface area contributed by atoms with Crippen molar-refractivity contribution in [3.63, 3.8) is 0 Å². The van der Waals surface area contributed by atoms with Gasteiger partial charge in [-0.25, -0.2) is 19.9 Å². The summed E-state index contributed by atoms with van der Waals surface area (Å²) in [4.78, 5) is 60.9. The van der Waals surface area contributed by atoms with E-state index in [1.807, 2.05) is 97.1 Å². The van der Waals surface area contributed by atoms with E-state index >= 15 is 0 Å². The minimum absolute atomic E-state index is 0. The molecule has 15 heteroatoms. The number of amides is 1. The fourth-order valence-electron chi connectivity index (χ4n) is 7.04. The van der Waals surface area contributed by atoms with Crippen LogP contribution in [0.5, 0.6) is 0 Å². The Labute approximate surface area is 517 Å². The van der Waals surface area contributed by atoms with Crippen molar-refractivity contribution in [2.75, 3.05) is 0 Å². The first-order chi connectivity index (χ1) is 39.4. The number of nitrogens with one attached hydrogen (secondary N) is 1. The van der Waals surface area contributed by atoms with E-state index in [0.717, 1.165) is 75.3 Å². The van der Waals surface area contributed by atoms with Crippen molar-refractivity contribution in [1.82, 2.24) is 5.48 Å². The fraction of sp³-hybridized carbons (Fsp3) is 0.159. The van der Waals surface area contributed by atoms with Gasteiger partial charge in [0.2, 0.25) is 0 Å². The first-order valence-corrected chi connectivity index (χ1v) is 26.7. The normalized spacial score (nSPS) is 9.43. The predicted octanol–water partition coefficient (Wildman–Crippen LogP) is 15.8. The van der Waals surface area contributed by atoms with Crippen LogP contribution in [0.3, 0.4) is 0 Å². The maximum absolute atomic E-state index is 11.2. The molecular weight excluding hydrogens is 1220 g/mol. The quantitative estimate of drug-likeness (QED) is 0.0195. The van der Waals surface area contributed by atoms with Gasteiger partial charge in [-0.1, -0.05) is 199 Å². The Hall–Kier alpha value is -8.84. The van der Waals surface area contributed by atoms with Gasteiger partial charge in [0.1, 0.15) is 0 Å². The number of hydrogen-bond donors (Lipinski definition) is 7. The number of hydroxylamine groups is 1. The molecule has 0 spiro atoms. The second-order valence-corrected chi connectivity index (χ2v) is 18.6. The van der Waals surface area contributed by atoms with Crippen LogP contribution in [0.1, 0.15) is 116 Å². The van der Waals surface area contributed by atoms with Crippen LogP contribution in [-0.2, 0) is 68.5 Å². The Morgan fingerprint density at radius 2 is 0.702 bits per heavy atom. The molecule has 8 rings (SSSR count). The smallest absolute Gasteiger partial charge is 0.335 e. The molecule has 0 aliphatic carbocycles. The SMILES string of the molecule is C.C=CCc1ccccc1.CC(=O)O.CC(=O)O.O=C(NO)c1ccc(CCCc2ccccc2)cc1.O=C(O)c1ccc(Br)cc1.O=C(O)c1ccc(C=CCc2ccccc2)cc1.O=C(O)c1ccc(CCCc2ccccc2)cc1.[HH].[Pd]. The van der Waals surface area contributed by atoms with Gasteiger partial charge in [0.05, 0.1) is 16.7 Å². The molecule has 7 N–H and O–H groups in total. The number of aryl methyl sites for hydroxylation is 4. The number of halogens is 1. The van der Waals surface area contributed by atoms with Crippen molar-refractivity contribution >= 4 is 57.8 Å². The summed E-state index contributed by atoms with van der Waals surface area (Å²) in [5.41, 5.74) is 11.7. The molecule has 0 fully saturated rings. The summed E-state index contributed by atoms with van der Waals surface area (Å²) in [7, 11) is 0. The second-order valence-electron chi connectivity index (χ2n) is 17.7. The Bertz CT molecular complexity index is 3110. The van der Waals surface area contributed by atoms with Gasteiger partial charge in [-0.05, 0) is 151 Å². The van der Waals surface area contributed by atoms with Crippen LogP contribution in [0, 0.1) is 0 Å². The number of benzene rings is 8. The molecule has 446 valence electrons. The zero-order valence-corrected chi connectivity index (χ0v) is 49.3. The van der Waals surface area contributed by atoms with Crippen molar-refractivity contribution in [3.05, 3.63) is 303 Å². The van der Waals surface area contributed by atoms with Crippen molar-refractivity contribution in [2.24, 2.45) is 0 Å². The minimum Gasteiger partial charge on any atom is -0.481 e. The van der Waals surface area contributed by atoms with Crippen LogP contribution in [0.4, 0.5) is 0 Å². The van der Waals surface area contributed by atoms with Gasteiger partial charge >= 0.3 is 17.9 Å². The summed E-state index contributed by atoms with van der Waals surface area (Å²) in [6, 6.07) is 69.1. The van der Waals surface area contributed by atoms with E-state index in [0.29, 0.717) is 22.3 Å². The Morgan fingerprint density at radius 1 is 0.429 bits per heavy atom. The maximum atomic E-state index is 11.2. The molecule has 0 heterocycles. The van der Waals surface area contributed by atoms with Crippen molar-refractivity contribution in [3.8, 4) is 0 Å². The van der Waals surface area contributed by atoms with Crippen molar-refractivity contribution in [1.29, 1.82) is 0 Å². The molecule has 0 bridgehead atoms. The first-order valence-electron chi connectivity index (χ1n) is 25.9. The zero-order valence-electron chi connectivity index (χ0n) is 46.2. The molecule has 0 atom stereocenters. The summed E-state index contributed by atoms with van der Waals surface area (Å²) >= 11 is 3.20. The minimum atomic E-state index is -0.896. The van der Waals surface area contributed by atoms with E-state index in [-0.39, 0.29) is 29.3 Å². The molecule has 84 heavy (non-hydrogen) atoms. The Balaban J connectivity index is 0. The predicted molar refractivity (Wildman–Crippen MR) is 336 cm³/mol. The van der Waals surface area contributed by atoms with Gasteiger partial charge in [-0.3, -0.25) is 19.6 Å². The summed E-state index contributed by atoms with van der Waals surface area (Å²) in [5.74, 6) is -4.80. The first kappa shape index (κ1) is 75.2. The fourth-order valence-corrected chi connectivity index (χ4v) is 7.30. The van der Waals surface area contributed by atoms with Gasteiger partial charge in [0.15, 0.2) is 0 Å². The summed E-state index contributed by atoms with van der Waals surface area (Å²) < 4.78 is 0.887. The second kappa shape index (κ2) is 45.7. The average molecular weight is 1300 g/mol. The number of carbonyl (C=O) groups is 6. The number of carboxylic acid groups (broad SMARTS) is 5. The van der Waals surface area contributed by atoms with Crippen LogP contribution in [0.2, 0.25) is 0 Å². The molecule has 8 aromatic carbocycles. The maximum Gasteiger partial charge on any atom is 0.335 e. The van der Waals surface area contributed by atoms with Crippen LogP contribution < -0.4 is 5.48 Å². The van der Waals surface area contributed by atoms with Crippen LogP contribution in [-0.4, -0.2) is 66.5 Å². The van der Waals surface area contributed by atoms with E-state index in [2.05, 4.69) is 101 Å². The molecule has 0 aliphatic heterocycles. The molecule has 8 aromatic rings. The average Bonchev–Trinajstić information content (AvgIpc) is 3.51. The van der Waals surface area contributed by atoms with E-state index in [4.69, 9.17) is 40.3 Å². The van der Waals surface area contributed by atoms with Crippen LogP contribution in [0.25, 0.3) is 6.08 Å². The topological polar surface area (TPSA) is 236 Å². The molecule has 0 saturated carbocycles. The summed E-state index contributed by atoms with van der Waals surface area (Å²) in [5, 5.41) is 49.4. The monoisotopic (exact) mass is 1300 g/mol. The van der Waals surface area contributed by atoms with Gasteiger partial charge in [0, 0.05) is 45.7 Å². The molecular formula is C69H76BrNO12Pd. The van der Waals surface area contributed by atoms with E-state index in [1.54, 1.807) is 66.1 Å². The third-order valence-electron chi connectivity index (χ3n) is 11.0. The van der Waals surface area contributed by atoms with E-state index in [1.165, 1.54) is 33.4 Å². The van der Waals surface area contributed by atoms with Crippen LogP contribution >= 0.6 is 15.9 Å². The third kappa shape index (κ3) is 36.5. The van der Waals surface area contributed by atoms with E-state index in [9.17, 15) is 19.2 Å². The van der Waals surface area contributed by atoms with Gasteiger partial charge < -0.3 is 25.5 Å². The summed E-state index contributed by atoms with van der Waals surface area (Å²) in [6.45, 7) is 5.82. The molecule has 0 unspecified atom stereocenters. The third-order valence-corrected chi connectivity index (χ3v) is 11.6. The number of aliphatic carboxylic acids is 2. The van der Waals surface area contributed by atoms with Gasteiger partial charge in [0.25, 0.3) is 17.8 Å². The zero-order chi connectivity index (χ0) is 60.3.